The van der Waals surface area contributed by atoms with Gasteiger partial charge in [-0.1, -0.05) is 0 Å². The summed E-state index contributed by atoms with van der Waals surface area (Å²) in [4.78, 5) is 31.3. The molecule has 6 nitrogen and oxygen atoms in total. The summed E-state index contributed by atoms with van der Waals surface area (Å²) in [7, 11) is 0. The fraction of sp³-hybridized carbons (Fsp3) is 0.722. The Morgan fingerprint density at radius 1 is 1.19 bits per heavy atom. The van der Waals surface area contributed by atoms with Gasteiger partial charge in [-0.15, -0.1) is 0 Å². The number of halogens is 3. The molecule has 1 amide bonds. The third kappa shape index (κ3) is 4.88. The molecular formula is C18H25F3N4O2. The Hall–Kier alpha value is -1.90. The molecule has 2 aliphatic rings. The Balaban J connectivity index is 1.51. The number of rotatable bonds is 4. The Morgan fingerprint density at radius 2 is 1.89 bits per heavy atom. The summed E-state index contributed by atoms with van der Waals surface area (Å²) in [6.07, 6.45) is 0.232. The number of carbonyl (C=O) groups is 1. The number of likely N-dealkylation sites (tertiary alicyclic amines) is 2. The summed E-state index contributed by atoms with van der Waals surface area (Å²) in [5.41, 5.74) is -1.81. The number of hydrogen-bond donors (Lipinski definition) is 0. The van der Waals surface area contributed by atoms with Crippen LogP contribution in [-0.2, 0) is 17.5 Å². The Kier molecular flexibility index (Phi) is 5.88. The van der Waals surface area contributed by atoms with Crippen LogP contribution >= 0.6 is 0 Å². The zero-order chi connectivity index (χ0) is 19.6. The molecule has 0 aliphatic carbocycles. The molecule has 2 fully saturated rings. The van der Waals surface area contributed by atoms with E-state index in [9.17, 15) is 22.8 Å². The van der Waals surface area contributed by atoms with Gasteiger partial charge in [0.15, 0.2) is 5.69 Å². The lowest BCUT2D eigenvalue weighted by Crippen LogP contribution is -2.45. The normalized spacial score (nSPS) is 22.4. The van der Waals surface area contributed by atoms with Crippen molar-refractivity contribution >= 4 is 5.91 Å². The van der Waals surface area contributed by atoms with Gasteiger partial charge in [-0.05, 0) is 44.7 Å². The van der Waals surface area contributed by atoms with Crippen molar-refractivity contribution in [2.24, 2.45) is 5.92 Å². The molecule has 0 bridgehead atoms. The van der Waals surface area contributed by atoms with Crippen molar-refractivity contribution in [3.05, 3.63) is 28.4 Å². The van der Waals surface area contributed by atoms with Crippen LogP contribution < -0.4 is 5.56 Å². The Bertz CT molecular complexity index is 726. The van der Waals surface area contributed by atoms with Crippen molar-refractivity contribution in [2.45, 2.75) is 51.4 Å². The van der Waals surface area contributed by atoms with E-state index >= 15 is 0 Å². The van der Waals surface area contributed by atoms with Crippen LogP contribution in [-0.4, -0.2) is 57.5 Å². The van der Waals surface area contributed by atoms with Crippen molar-refractivity contribution in [2.75, 3.05) is 26.2 Å². The average molecular weight is 386 g/mol. The van der Waals surface area contributed by atoms with E-state index in [1.54, 1.807) is 6.92 Å². The third-order valence-corrected chi connectivity index (χ3v) is 5.58. The Labute approximate surface area is 156 Å². The molecule has 0 N–H and O–H groups in total. The summed E-state index contributed by atoms with van der Waals surface area (Å²) in [5.74, 6) is 0.367. The highest BCUT2D eigenvalue weighted by Crippen LogP contribution is 2.26. The first-order chi connectivity index (χ1) is 12.7. The van der Waals surface area contributed by atoms with E-state index in [0.29, 0.717) is 12.6 Å². The second-order valence-corrected chi connectivity index (χ2v) is 7.51. The van der Waals surface area contributed by atoms with Crippen molar-refractivity contribution in [3.63, 3.8) is 0 Å². The van der Waals surface area contributed by atoms with Gasteiger partial charge in [-0.2, -0.15) is 13.2 Å². The second kappa shape index (κ2) is 8.00. The minimum Gasteiger partial charge on any atom is -0.339 e. The molecule has 27 heavy (non-hydrogen) atoms. The predicted octanol–water partition coefficient (Wildman–Crippen LogP) is 1.98. The molecule has 9 heteroatoms. The molecule has 1 aromatic heterocycles. The predicted molar refractivity (Wildman–Crippen MR) is 93.1 cm³/mol. The van der Waals surface area contributed by atoms with Gasteiger partial charge in [0, 0.05) is 38.7 Å². The standard InChI is InChI=1S/C18H25F3N4O2/c1-13(26)25-6-2-3-15(25)11-23-7-4-14(5-8-23)10-24-12-22-16(9-17(24)27)18(19,20)21/h9,12,14-15H,2-8,10-11H2,1H3. The van der Waals surface area contributed by atoms with E-state index in [1.165, 1.54) is 4.57 Å². The van der Waals surface area contributed by atoms with Gasteiger partial charge in [0.1, 0.15) is 0 Å². The quantitative estimate of drug-likeness (QED) is 0.794. The highest BCUT2D eigenvalue weighted by Gasteiger charge is 2.33. The lowest BCUT2D eigenvalue weighted by Gasteiger charge is -2.35. The van der Waals surface area contributed by atoms with E-state index in [1.807, 2.05) is 4.90 Å². The summed E-state index contributed by atoms with van der Waals surface area (Å²) in [6, 6.07) is 0.840. The summed E-state index contributed by atoms with van der Waals surface area (Å²) in [6.45, 7) is 5.45. The lowest BCUT2D eigenvalue weighted by molar-refractivity contribution is -0.141. The van der Waals surface area contributed by atoms with Gasteiger partial charge < -0.3 is 9.80 Å². The van der Waals surface area contributed by atoms with Crippen LogP contribution in [0.25, 0.3) is 0 Å². The largest absolute Gasteiger partial charge is 0.433 e. The lowest BCUT2D eigenvalue weighted by atomic mass is 9.96. The maximum Gasteiger partial charge on any atom is 0.433 e. The van der Waals surface area contributed by atoms with Gasteiger partial charge in [0.25, 0.3) is 5.56 Å². The molecule has 150 valence electrons. The van der Waals surface area contributed by atoms with E-state index in [4.69, 9.17) is 0 Å². The van der Waals surface area contributed by atoms with Crippen molar-refractivity contribution in [3.8, 4) is 0 Å². The summed E-state index contributed by atoms with van der Waals surface area (Å²) in [5, 5.41) is 0. The van der Waals surface area contributed by atoms with Crippen LogP contribution in [0.4, 0.5) is 13.2 Å². The highest BCUT2D eigenvalue weighted by molar-refractivity contribution is 5.73. The zero-order valence-electron chi connectivity index (χ0n) is 15.4. The van der Waals surface area contributed by atoms with E-state index in [2.05, 4.69) is 9.88 Å². The van der Waals surface area contributed by atoms with Gasteiger partial charge in [-0.25, -0.2) is 4.98 Å². The molecule has 0 spiro atoms. The Morgan fingerprint density at radius 3 is 2.48 bits per heavy atom. The molecule has 1 aromatic rings. The van der Waals surface area contributed by atoms with Gasteiger partial charge >= 0.3 is 6.18 Å². The molecular weight excluding hydrogens is 361 g/mol. The summed E-state index contributed by atoms with van der Waals surface area (Å²) >= 11 is 0. The van der Waals surface area contributed by atoms with Crippen LogP contribution in [0, 0.1) is 5.92 Å². The van der Waals surface area contributed by atoms with Crippen LogP contribution in [0.2, 0.25) is 0 Å². The van der Waals surface area contributed by atoms with Crippen LogP contribution in [0.5, 0.6) is 0 Å². The number of amides is 1. The number of alkyl halides is 3. The number of carbonyl (C=O) groups excluding carboxylic acids is 1. The van der Waals surface area contributed by atoms with Gasteiger partial charge in [0.05, 0.1) is 6.33 Å². The average Bonchev–Trinajstić information content (AvgIpc) is 3.06. The number of hydrogen-bond acceptors (Lipinski definition) is 4. The topological polar surface area (TPSA) is 58.4 Å². The number of nitrogens with zero attached hydrogens (tertiary/aromatic N) is 4. The minimum atomic E-state index is -4.60. The molecule has 0 saturated carbocycles. The molecule has 0 radical (unpaired) electrons. The first-order valence-corrected chi connectivity index (χ1v) is 9.37. The maximum absolute atomic E-state index is 12.6. The van der Waals surface area contributed by atoms with Crippen molar-refractivity contribution in [1.82, 2.24) is 19.4 Å². The highest BCUT2D eigenvalue weighted by atomic mass is 19.4. The number of piperidine rings is 1. The molecule has 2 saturated heterocycles. The molecule has 1 atom stereocenters. The molecule has 3 rings (SSSR count). The van der Waals surface area contributed by atoms with Crippen molar-refractivity contribution < 1.29 is 18.0 Å². The summed E-state index contributed by atoms with van der Waals surface area (Å²) < 4.78 is 39.1. The number of aromatic nitrogens is 2. The van der Waals surface area contributed by atoms with Crippen LogP contribution in [0.3, 0.4) is 0 Å². The SMILES string of the molecule is CC(=O)N1CCCC1CN1CCC(Cn2cnc(C(F)(F)F)cc2=O)CC1. The van der Waals surface area contributed by atoms with E-state index in [0.717, 1.165) is 58.2 Å². The minimum absolute atomic E-state index is 0.126. The van der Waals surface area contributed by atoms with Gasteiger partial charge in [-0.3, -0.25) is 14.2 Å². The molecule has 3 heterocycles. The van der Waals surface area contributed by atoms with Gasteiger partial charge in [0.2, 0.25) is 5.91 Å². The fourth-order valence-corrected chi connectivity index (χ4v) is 4.09. The fourth-order valence-electron chi connectivity index (χ4n) is 4.09. The first kappa shape index (κ1) is 19.9. The smallest absolute Gasteiger partial charge is 0.339 e. The maximum atomic E-state index is 12.6. The zero-order valence-corrected chi connectivity index (χ0v) is 15.4. The second-order valence-electron chi connectivity index (χ2n) is 7.51. The molecule has 1 unspecified atom stereocenters. The van der Waals surface area contributed by atoms with Crippen LogP contribution in [0.15, 0.2) is 17.2 Å². The molecule has 0 aromatic carbocycles. The molecule has 2 aliphatic heterocycles. The monoisotopic (exact) mass is 386 g/mol. The first-order valence-electron chi connectivity index (χ1n) is 9.37. The van der Waals surface area contributed by atoms with E-state index < -0.39 is 17.4 Å². The van der Waals surface area contributed by atoms with E-state index in [-0.39, 0.29) is 17.9 Å². The van der Waals surface area contributed by atoms with Crippen LogP contribution in [0.1, 0.15) is 38.3 Å². The van der Waals surface area contributed by atoms with Crippen molar-refractivity contribution in [1.29, 1.82) is 0 Å². The third-order valence-electron chi connectivity index (χ3n) is 5.58.